The molecular formula is C11H15N3OS. The Hall–Kier alpha value is -1.04. The highest BCUT2D eigenvalue weighted by molar-refractivity contribution is 7.99. The number of hydrogen-bond donors (Lipinski definition) is 3. The van der Waals surface area contributed by atoms with E-state index in [9.17, 15) is 4.79 Å². The molecule has 2 atom stereocenters. The largest absolute Gasteiger partial charge is 0.329 e. The van der Waals surface area contributed by atoms with Crippen LogP contribution < -0.4 is 16.2 Å². The minimum atomic E-state index is -0.203. The van der Waals surface area contributed by atoms with Crippen molar-refractivity contribution in [3.8, 4) is 0 Å². The molecule has 0 saturated carbocycles. The van der Waals surface area contributed by atoms with E-state index < -0.39 is 0 Å². The lowest BCUT2D eigenvalue weighted by atomic mass is 10.1. The van der Waals surface area contributed by atoms with Gasteiger partial charge >= 0.3 is 0 Å². The summed E-state index contributed by atoms with van der Waals surface area (Å²) < 4.78 is 0. The Morgan fingerprint density at radius 1 is 1.25 bits per heavy atom. The van der Waals surface area contributed by atoms with Gasteiger partial charge in [0.2, 0.25) is 5.91 Å². The van der Waals surface area contributed by atoms with Gasteiger partial charge in [-0.2, -0.15) is 0 Å². The molecule has 1 saturated heterocycles. The minimum absolute atomic E-state index is 0.0421. The maximum absolute atomic E-state index is 11.7. The quantitative estimate of drug-likeness (QED) is 0.715. The Kier molecular flexibility index (Phi) is 3.82. The van der Waals surface area contributed by atoms with Crippen LogP contribution in [0.2, 0.25) is 0 Å². The highest BCUT2D eigenvalue weighted by atomic mass is 32.2. The SMILES string of the molecule is CSC1NNC(Cc2ccccc2)C(=O)N1. The van der Waals surface area contributed by atoms with Crippen molar-refractivity contribution < 1.29 is 4.79 Å². The zero-order chi connectivity index (χ0) is 11.4. The standard InChI is InChI=1S/C11H15N3OS/c1-16-11-12-10(15)9(13-14-11)7-8-5-3-2-4-6-8/h2-6,9,11,13-14H,7H2,1H3,(H,12,15). The van der Waals surface area contributed by atoms with E-state index in [1.165, 1.54) is 0 Å². The Balaban J connectivity index is 1.94. The maximum Gasteiger partial charge on any atom is 0.240 e. The molecule has 0 aliphatic carbocycles. The molecule has 1 fully saturated rings. The van der Waals surface area contributed by atoms with Gasteiger partial charge in [0.1, 0.15) is 11.5 Å². The van der Waals surface area contributed by atoms with Crippen LogP contribution in [0, 0.1) is 0 Å². The number of benzene rings is 1. The van der Waals surface area contributed by atoms with Crippen LogP contribution in [0.15, 0.2) is 30.3 Å². The number of carbonyl (C=O) groups excluding carboxylic acids is 1. The molecule has 16 heavy (non-hydrogen) atoms. The number of hydrogen-bond acceptors (Lipinski definition) is 4. The van der Waals surface area contributed by atoms with Gasteiger partial charge < -0.3 is 5.32 Å². The number of thioether (sulfide) groups is 1. The van der Waals surface area contributed by atoms with Crippen LogP contribution in [0.5, 0.6) is 0 Å². The van der Waals surface area contributed by atoms with Crippen LogP contribution in [-0.4, -0.2) is 23.7 Å². The first kappa shape index (κ1) is 11.4. The molecule has 5 heteroatoms. The summed E-state index contributed by atoms with van der Waals surface area (Å²) >= 11 is 1.55. The third kappa shape index (κ3) is 2.75. The van der Waals surface area contributed by atoms with Crippen molar-refractivity contribution in [3.05, 3.63) is 35.9 Å². The fourth-order valence-electron chi connectivity index (χ4n) is 1.62. The number of hydrazine groups is 1. The average Bonchev–Trinajstić information content (AvgIpc) is 2.33. The lowest BCUT2D eigenvalue weighted by Crippen LogP contribution is -2.64. The van der Waals surface area contributed by atoms with Crippen LogP contribution in [-0.2, 0) is 11.2 Å². The van der Waals surface area contributed by atoms with Crippen molar-refractivity contribution in [2.24, 2.45) is 0 Å². The lowest BCUT2D eigenvalue weighted by Gasteiger charge is -2.30. The van der Waals surface area contributed by atoms with E-state index in [0.29, 0.717) is 6.42 Å². The molecule has 4 nitrogen and oxygen atoms in total. The molecule has 0 spiro atoms. The molecule has 1 amide bonds. The zero-order valence-electron chi connectivity index (χ0n) is 9.07. The molecule has 1 aromatic carbocycles. The first-order valence-electron chi connectivity index (χ1n) is 5.18. The van der Waals surface area contributed by atoms with Crippen LogP contribution in [0.25, 0.3) is 0 Å². The second-order valence-electron chi connectivity index (χ2n) is 3.66. The molecule has 1 aliphatic rings. The van der Waals surface area contributed by atoms with Gasteiger partial charge in [0, 0.05) is 0 Å². The van der Waals surface area contributed by atoms with Crippen molar-refractivity contribution in [1.29, 1.82) is 0 Å². The number of carbonyl (C=O) groups is 1. The first-order valence-corrected chi connectivity index (χ1v) is 6.46. The van der Waals surface area contributed by atoms with Gasteiger partial charge in [-0.15, -0.1) is 11.8 Å². The highest BCUT2D eigenvalue weighted by Crippen LogP contribution is 2.07. The Morgan fingerprint density at radius 2 is 2.00 bits per heavy atom. The molecular weight excluding hydrogens is 222 g/mol. The monoisotopic (exact) mass is 237 g/mol. The molecule has 1 aromatic rings. The summed E-state index contributed by atoms with van der Waals surface area (Å²) in [5.41, 5.74) is 7.20. The second-order valence-corrected chi connectivity index (χ2v) is 4.60. The lowest BCUT2D eigenvalue weighted by molar-refractivity contribution is -0.125. The predicted molar refractivity (Wildman–Crippen MR) is 65.7 cm³/mol. The van der Waals surface area contributed by atoms with Crippen molar-refractivity contribution in [2.75, 3.05) is 6.26 Å². The van der Waals surface area contributed by atoms with Crippen molar-refractivity contribution in [1.82, 2.24) is 16.2 Å². The Morgan fingerprint density at radius 3 is 2.62 bits per heavy atom. The van der Waals surface area contributed by atoms with E-state index in [2.05, 4.69) is 16.2 Å². The number of nitrogens with one attached hydrogen (secondary N) is 3. The van der Waals surface area contributed by atoms with E-state index in [-0.39, 0.29) is 17.4 Å². The molecule has 0 radical (unpaired) electrons. The van der Waals surface area contributed by atoms with Crippen molar-refractivity contribution >= 4 is 17.7 Å². The summed E-state index contributed by atoms with van der Waals surface area (Å²) in [6.45, 7) is 0. The Bertz CT molecular complexity index is 358. The predicted octanol–water partition coefficient (Wildman–Crippen LogP) is 0.468. The summed E-state index contributed by atoms with van der Waals surface area (Å²) in [7, 11) is 0. The molecule has 1 aliphatic heterocycles. The summed E-state index contributed by atoms with van der Waals surface area (Å²) in [6, 6.07) is 9.78. The fourth-order valence-corrected chi connectivity index (χ4v) is 2.04. The van der Waals surface area contributed by atoms with E-state index >= 15 is 0 Å². The van der Waals surface area contributed by atoms with Crippen molar-refractivity contribution in [2.45, 2.75) is 18.0 Å². The van der Waals surface area contributed by atoms with Crippen LogP contribution in [0.4, 0.5) is 0 Å². The molecule has 3 N–H and O–H groups in total. The minimum Gasteiger partial charge on any atom is -0.329 e. The first-order chi connectivity index (χ1) is 7.79. The molecule has 2 unspecified atom stereocenters. The van der Waals surface area contributed by atoms with E-state index in [4.69, 9.17) is 0 Å². The summed E-state index contributed by atoms with van der Waals surface area (Å²) in [5.74, 6) is 0.0435. The van der Waals surface area contributed by atoms with Gasteiger partial charge in [-0.05, 0) is 18.2 Å². The molecule has 1 heterocycles. The van der Waals surface area contributed by atoms with Gasteiger partial charge in [-0.1, -0.05) is 30.3 Å². The van der Waals surface area contributed by atoms with Crippen LogP contribution in [0.3, 0.4) is 0 Å². The normalized spacial score (nSPS) is 25.2. The molecule has 0 bridgehead atoms. The van der Waals surface area contributed by atoms with E-state index in [1.807, 2.05) is 36.6 Å². The number of rotatable bonds is 3. The zero-order valence-corrected chi connectivity index (χ0v) is 9.88. The smallest absolute Gasteiger partial charge is 0.240 e. The third-order valence-corrected chi connectivity index (χ3v) is 3.20. The van der Waals surface area contributed by atoms with Crippen molar-refractivity contribution in [3.63, 3.8) is 0 Å². The van der Waals surface area contributed by atoms with Crippen LogP contribution in [0.1, 0.15) is 5.56 Å². The maximum atomic E-state index is 11.7. The third-order valence-electron chi connectivity index (χ3n) is 2.50. The van der Waals surface area contributed by atoms with E-state index in [0.717, 1.165) is 5.56 Å². The number of amides is 1. The molecule has 86 valence electrons. The van der Waals surface area contributed by atoms with Crippen LogP contribution >= 0.6 is 11.8 Å². The topological polar surface area (TPSA) is 53.2 Å². The summed E-state index contributed by atoms with van der Waals surface area (Å²) in [5, 5.41) is 2.89. The van der Waals surface area contributed by atoms with Gasteiger partial charge in [0.15, 0.2) is 0 Å². The van der Waals surface area contributed by atoms with Gasteiger partial charge in [0.25, 0.3) is 0 Å². The van der Waals surface area contributed by atoms with Gasteiger partial charge in [-0.25, -0.2) is 10.9 Å². The summed E-state index contributed by atoms with van der Waals surface area (Å²) in [4.78, 5) is 11.7. The second kappa shape index (κ2) is 5.34. The molecule has 2 rings (SSSR count). The fraction of sp³-hybridized carbons (Fsp3) is 0.364. The summed E-state index contributed by atoms with van der Waals surface area (Å²) in [6.07, 6.45) is 2.64. The van der Waals surface area contributed by atoms with E-state index in [1.54, 1.807) is 11.8 Å². The highest BCUT2D eigenvalue weighted by Gasteiger charge is 2.26. The Labute approximate surface area is 99.2 Å². The van der Waals surface area contributed by atoms with Gasteiger partial charge in [-0.3, -0.25) is 4.79 Å². The average molecular weight is 237 g/mol. The molecule has 0 aromatic heterocycles. The van der Waals surface area contributed by atoms with Gasteiger partial charge in [0.05, 0.1) is 0 Å².